The molecule has 0 atom stereocenters. The van der Waals surface area contributed by atoms with Crippen LogP contribution < -0.4 is 52.8 Å². The van der Waals surface area contributed by atoms with Crippen molar-refractivity contribution in [3.05, 3.63) is 0 Å². The van der Waals surface area contributed by atoms with E-state index in [1.807, 2.05) is 0 Å². The normalized spacial score (nSPS) is 10.6. The molecular formula is C12H28Br2LiN2Nd. The molecule has 0 aromatic carbocycles. The van der Waals surface area contributed by atoms with E-state index in [4.69, 9.17) is 0 Å². The molecule has 0 saturated carbocycles. The van der Waals surface area contributed by atoms with Gasteiger partial charge < -0.3 is 34.0 Å². The third-order valence-electron chi connectivity index (χ3n) is 2.46. The van der Waals surface area contributed by atoms with Gasteiger partial charge in [0.1, 0.15) is 0 Å². The molecule has 6 heteroatoms. The molecule has 0 aliphatic carbocycles. The van der Waals surface area contributed by atoms with Gasteiger partial charge in [-0.05, 0) is 0 Å². The van der Waals surface area contributed by atoms with Gasteiger partial charge in [0.05, 0.1) is 0 Å². The summed E-state index contributed by atoms with van der Waals surface area (Å²) in [5, 5.41) is 0. The van der Waals surface area contributed by atoms with Gasteiger partial charge in [-0.2, -0.15) is 0 Å². The van der Waals surface area contributed by atoms with Gasteiger partial charge in [0.2, 0.25) is 0 Å². The van der Waals surface area contributed by atoms with Crippen molar-refractivity contribution in [2.24, 2.45) is 0 Å². The minimum Gasteiger partial charge on any atom is -1.00 e. The fraction of sp³-hybridized carbons (Fsp3) is 1.00. The first-order valence-electron chi connectivity index (χ1n) is 6.10. The van der Waals surface area contributed by atoms with Crippen LogP contribution in [-0.2, 0) is 0 Å². The molecular weight excluding hydrogens is 483 g/mol. The van der Waals surface area contributed by atoms with Crippen molar-refractivity contribution in [3.8, 4) is 0 Å². The first-order valence-corrected chi connectivity index (χ1v) is 8.97. The van der Waals surface area contributed by atoms with E-state index in [9.17, 15) is 0 Å². The Hall–Kier alpha value is 2.83. The Morgan fingerprint density at radius 3 is 0.833 bits per heavy atom. The van der Waals surface area contributed by atoms with Crippen molar-refractivity contribution in [2.75, 3.05) is 0 Å². The van der Waals surface area contributed by atoms with Crippen LogP contribution in [0, 0.1) is 37.5 Å². The molecule has 0 aliphatic heterocycles. The molecule has 0 aromatic rings. The summed E-state index contributed by atoms with van der Waals surface area (Å²) in [7, 11) is 0. The number of hydrogen-bond acceptors (Lipinski definition) is 2. The number of nitrogens with zero attached hydrogens (tertiary/aromatic N) is 2. The first-order chi connectivity index (χ1) is 6.77. The summed E-state index contributed by atoms with van der Waals surface area (Å²) in [6.07, 6.45) is 0. The van der Waals surface area contributed by atoms with Crippen LogP contribution in [0.4, 0.5) is 0 Å². The second-order valence-electron chi connectivity index (χ2n) is 5.29. The standard InChI is InChI=1S/2C6H14N.2BrH.Li.Nd/c2*1-5(2)7-6(3)4;;;;/h2*5-6H,1-4H3;2*1H;;/q2*-1;;;+1;+3/p-2. The first kappa shape index (κ1) is 28.9. The fourth-order valence-corrected chi connectivity index (χ4v) is 5.61. The molecule has 0 saturated heterocycles. The van der Waals surface area contributed by atoms with Crippen LogP contribution in [0.1, 0.15) is 55.4 Å². The third kappa shape index (κ3) is 11.5. The van der Waals surface area contributed by atoms with E-state index in [1.54, 1.807) is 0 Å². The summed E-state index contributed by atoms with van der Waals surface area (Å²) >= 11 is -0.827. The average molecular weight is 511 g/mol. The van der Waals surface area contributed by atoms with Gasteiger partial charge in [0.15, 0.2) is 0 Å². The summed E-state index contributed by atoms with van der Waals surface area (Å²) in [5.74, 6) is 0. The van der Waals surface area contributed by atoms with Gasteiger partial charge in [-0.25, -0.2) is 0 Å². The fourth-order valence-electron chi connectivity index (χ4n) is 1.79. The maximum Gasteiger partial charge on any atom is 1.00 e. The van der Waals surface area contributed by atoms with Gasteiger partial charge in [-0.1, -0.05) is 0 Å². The third-order valence-corrected chi connectivity index (χ3v) is 10.6. The topological polar surface area (TPSA) is 6.48 Å². The van der Waals surface area contributed by atoms with Crippen molar-refractivity contribution in [1.82, 2.24) is 1.97 Å². The van der Waals surface area contributed by atoms with Crippen LogP contribution >= 0.6 is 0 Å². The van der Waals surface area contributed by atoms with E-state index in [-0.39, 0.29) is 52.8 Å². The van der Waals surface area contributed by atoms with Crippen LogP contribution in [0.3, 0.4) is 0 Å². The van der Waals surface area contributed by atoms with E-state index in [2.05, 4.69) is 57.4 Å². The second kappa shape index (κ2) is 14.8. The second-order valence-corrected chi connectivity index (χ2v) is 9.24. The molecule has 0 spiro atoms. The van der Waals surface area contributed by atoms with E-state index < -0.39 is 37.5 Å². The maximum atomic E-state index is 2.74. The van der Waals surface area contributed by atoms with Crippen molar-refractivity contribution < 1.29 is 90.3 Å². The molecule has 0 rings (SSSR count). The zero-order valence-electron chi connectivity index (χ0n) is 13.5. The monoisotopic (exact) mass is 507 g/mol. The summed E-state index contributed by atoms with van der Waals surface area (Å²) in [5.41, 5.74) is 0. The molecule has 0 bridgehead atoms. The SMILES string of the molecule is CC(C)[N]([Nd+][N](C(C)C)C(C)C)C(C)C.[Br-].[Br-].[Li+]. The minimum atomic E-state index is -0.827. The molecule has 2 nitrogen and oxygen atoms in total. The molecule has 0 unspecified atom stereocenters. The Morgan fingerprint density at radius 1 is 0.556 bits per heavy atom. The van der Waals surface area contributed by atoms with Crippen molar-refractivity contribution in [3.63, 3.8) is 0 Å². The molecule has 0 amide bonds. The molecule has 0 aliphatic rings. The predicted octanol–water partition coefficient (Wildman–Crippen LogP) is -5.85. The quantitative estimate of drug-likeness (QED) is 0.328. The van der Waals surface area contributed by atoms with Crippen LogP contribution in [-0.4, -0.2) is 26.1 Å². The van der Waals surface area contributed by atoms with Crippen LogP contribution in [0.15, 0.2) is 0 Å². The van der Waals surface area contributed by atoms with Crippen molar-refractivity contribution >= 4 is 0 Å². The van der Waals surface area contributed by atoms with E-state index >= 15 is 0 Å². The number of rotatable bonds is 6. The number of hydrogen-bond donors (Lipinski definition) is 0. The molecule has 105 valence electrons. The van der Waals surface area contributed by atoms with Gasteiger partial charge >= 0.3 is 138 Å². The van der Waals surface area contributed by atoms with Crippen molar-refractivity contribution in [2.45, 2.75) is 79.6 Å². The van der Waals surface area contributed by atoms with Gasteiger partial charge in [-0.15, -0.1) is 0 Å². The predicted molar refractivity (Wildman–Crippen MR) is 64.2 cm³/mol. The summed E-state index contributed by atoms with van der Waals surface area (Å²) < 4.78 is 5.47. The largest absolute Gasteiger partial charge is 1.00 e. The maximum absolute atomic E-state index is 2.74. The van der Waals surface area contributed by atoms with Crippen molar-refractivity contribution in [1.29, 1.82) is 0 Å². The Bertz CT molecular complexity index is 147. The van der Waals surface area contributed by atoms with Gasteiger partial charge in [0, 0.05) is 0 Å². The van der Waals surface area contributed by atoms with Crippen LogP contribution in [0.25, 0.3) is 0 Å². The summed E-state index contributed by atoms with van der Waals surface area (Å²) in [6.45, 7) is 18.6. The Balaban J connectivity index is -0.000000327. The minimum absolute atomic E-state index is 0. The van der Waals surface area contributed by atoms with Crippen LogP contribution in [0.5, 0.6) is 0 Å². The Kier molecular flexibility index (Phi) is 23.7. The molecule has 18 heavy (non-hydrogen) atoms. The molecule has 0 N–H and O–H groups in total. The van der Waals surface area contributed by atoms with E-state index in [1.165, 1.54) is 0 Å². The summed E-state index contributed by atoms with van der Waals surface area (Å²) in [4.78, 5) is 0. The van der Waals surface area contributed by atoms with Gasteiger partial charge in [0.25, 0.3) is 0 Å². The zero-order valence-corrected chi connectivity index (χ0v) is 19.8. The molecule has 0 heterocycles. The van der Waals surface area contributed by atoms with E-state index in [0.29, 0.717) is 24.2 Å². The van der Waals surface area contributed by atoms with E-state index in [0.717, 1.165) is 0 Å². The van der Waals surface area contributed by atoms with Gasteiger partial charge in [-0.3, -0.25) is 0 Å². The smallest absolute Gasteiger partial charge is 1.00 e. The zero-order chi connectivity index (χ0) is 12.2. The molecule has 0 fully saturated rings. The molecule has 0 aromatic heterocycles. The number of halogens is 2. The Labute approximate surface area is 169 Å². The summed E-state index contributed by atoms with van der Waals surface area (Å²) in [6, 6.07) is 2.81. The van der Waals surface area contributed by atoms with Crippen LogP contribution in [0.2, 0.25) is 0 Å². The Morgan fingerprint density at radius 2 is 0.722 bits per heavy atom. The average Bonchev–Trinajstić information content (AvgIpc) is 2.01. The molecule has 0 radical (unpaired) electrons.